The van der Waals surface area contributed by atoms with Gasteiger partial charge in [0, 0.05) is 24.7 Å². The summed E-state index contributed by atoms with van der Waals surface area (Å²) in [6.07, 6.45) is 0.0000721. The Kier molecular flexibility index (Phi) is 7.94. The number of hydrogen-bond donors (Lipinski definition) is 0. The molecule has 1 spiro atoms. The first kappa shape index (κ1) is 24.7. The highest BCUT2D eigenvalue weighted by Crippen LogP contribution is 2.48. The second-order valence-corrected chi connectivity index (χ2v) is 8.54. The van der Waals surface area contributed by atoms with Crippen LogP contribution >= 0.6 is 15.9 Å². The minimum atomic E-state index is -1.00. The molecule has 0 radical (unpaired) electrons. The number of aryl methyl sites for hydroxylation is 2. The summed E-state index contributed by atoms with van der Waals surface area (Å²) in [7, 11) is 3.08. The molecule has 0 atom stereocenters. The van der Waals surface area contributed by atoms with Gasteiger partial charge in [0.1, 0.15) is 5.54 Å². The van der Waals surface area contributed by atoms with E-state index < -0.39 is 17.6 Å². The van der Waals surface area contributed by atoms with Gasteiger partial charge in [-0.25, -0.2) is 14.7 Å². The quantitative estimate of drug-likeness (QED) is 0.403. The monoisotopic (exact) mass is 512 g/mol. The lowest BCUT2D eigenvalue weighted by Gasteiger charge is -2.43. The standard InChI is InChI=1S/C22H29BrN2O7/c1-6-30-21(27)32-19-18(16-12-17(23)15(3)11-14(16)2)20(26)25(31-13-28-4)22(19)7-9-24(29-5)10-8-22/h11-12H,6-10,13H2,1-5H3. The highest BCUT2D eigenvalue weighted by atomic mass is 79.9. The molecule has 10 heteroatoms. The molecule has 1 aromatic rings. The summed E-state index contributed by atoms with van der Waals surface area (Å²) in [5.41, 5.74) is 1.83. The number of nitrogens with zero attached hydrogens (tertiary/aromatic N) is 2. The molecule has 0 saturated carbocycles. The Morgan fingerprint density at radius 1 is 1.16 bits per heavy atom. The van der Waals surface area contributed by atoms with Crippen LogP contribution in [0.3, 0.4) is 0 Å². The maximum atomic E-state index is 13.7. The van der Waals surface area contributed by atoms with Crippen molar-refractivity contribution in [3.8, 4) is 0 Å². The molecule has 0 aromatic heterocycles. The van der Waals surface area contributed by atoms with Gasteiger partial charge in [0.2, 0.25) is 0 Å². The Morgan fingerprint density at radius 3 is 2.44 bits per heavy atom. The second kappa shape index (κ2) is 10.3. The SMILES string of the molecule is CCOC(=O)OC1=C(c2cc(Br)c(C)cc2C)C(=O)N(OCOC)C12CCN(OC)CC2. The van der Waals surface area contributed by atoms with E-state index in [1.165, 1.54) is 12.2 Å². The number of amides is 1. The van der Waals surface area contributed by atoms with E-state index in [0.717, 1.165) is 15.6 Å². The van der Waals surface area contributed by atoms with E-state index in [-0.39, 0.29) is 24.7 Å². The van der Waals surface area contributed by atoms with E-state index in [2.05, 4.69) is 15.9 Å². The third-order valence-electron chi connectivity index (χ3n) is 5.77. The molecule has 0 aliphatic carbocycles. The third kappa shape index (κ3) is 4.55. The smallest absolute Gasteiger partial charge is 0.434 e. The average molecular weight is 513 g/mol. The Hall–Kier alpha value is -1.98. The number of carbonyl (C=O) groups excluding carboxylic acids is 2. The van der Waals surface area contributed by atoms with Crippen LogP contribution in [-0.4, -0.2) is 68.4 Å². The van der Waals surface area contributed by atoms with Crippen LogP contribution in [0.4, 0.5) is 4.79 Å². The van der Waals surface area contributed by atoms with Crippen molar-refractivity contribution in [1.82, 2.24) is 10.1 Å². The molecule has 176 valence electrons. The molecule has 1 saturated heterocycles. The summed E-state index contributed by atoms with van der Waals surface area (Å²) in [4.78, 5) is 37.3. The fraction of sp³-hybridized carbons (Fsp3) is 0.545. The fourth-order valence-corrected chi connectivity index (χ4v) is 4.53. The van der Waals surface area contributed by atoms with E-state index in [4.69, 9.17) is 23.9 Å². The lowest BCUT2D eigenvalue weighted by molar-refractivity contribution is -0.260. The van der Waals surface area contributed by atoms with Crippen molar-refractivity contribution in [1.29, 1.82) is 0 Å². The molecular formula is C22H29BrN2O7. The maximum absolute atomic E-state index is 13.7. The average Bonchev–Trinajstić information content (AvgIpc) is 2.97. The minimum absolute atomic E-state index is 0.127. The molecule has 3 rings (SSSR count). The van der Waals surface area contributed by atoms with E-state index in [1.54, 1.807) is 19.1 Å². The van der Waals surface area contributed by atoms with Crippen LogP contribution in [0.25, 0.3) is 5.57 Å². The van der Waals surface area contributed by atoms with E-state index >= 15 is 0 Å². The molecule has 1 fully saturated rings. The predicted octanol–water partition coefficient (Wildman–Crippen LogP) is 3.72. The number of ether oxygens (including phenoxy) is 3. The van der Waals surface area contributed by atoms with E-state index in [1.807, 2.05) is 26.0 Å². The van der Waals surface area contributed by atoms with Gasteiger partial charge in [-0.3, -0.25) is 4.79 Å². The molecular weight excluding hydrogens is 484 g/mol. The van der Waals surface area contributed by atoms with Gasteiger partial charge in [-0.1, -0.05) is 22.0 Å². The Labute approximate surface area is 196 Å². The Bertz CT molecular complexity index is 910. The van der Waals surface area contributed by atoms with Crippen LogP contribution in [0.2, 0.25) is 0 Å². The zero-order chi connectivity index (χ0) is 23.5. The number of benzene rings is 1. The molecule has 2 heterocycles. The number of piperidine rings is 1. The molecule has 32 heavy (non-hydrogen) atoms. The molecule has 0 bridgehead atoms. The first-order valence-electron chi connectivity index (χ1n) is 10.4. The van der Waals surface area contributed by atoms with Crippen LogP contribution in [0.5, 0.6) is 0 Å². The van der Waals surface area contributed by atoms with Gasteiger partial charge < -0.3 is 19.0 Å². The number of carbonyl (C=O) groups is 2. The van der Waals surface area contributed by atoms with Crippen molar-refractivity contribution >= 4 is 33.6 Å². The Balaban J connectivity index is 2.19. The molecule has 2 aliphatic heterocycles. The van der Waals surface area contributed by atoms with Crippen LogP contribution in [0.1, 0.15) is 36.5 Å². The predicted molar refractivity (Wildman–Crippen MR) is 119 cm³/mol. The summed E-state index contributed by atoms with van der Waals surface area (Å²) in [5.74, 6) is -0.169. The van der Waals surface area contributed by atoms with Gasteiger partial charge in [0.15, 0.2) is 12.6 Å². The van der Waals surface area contributed by atoms with Crippen LogP contribution in [-0.2, 0) is 28.7 Å². The summed E-state index contributed by atoms with van der Waals surface area (Å²) < 4.78 is 16.7. The summed E-state index contributed by atoms with van der Waals surface area (Å²) in [5, 5.41) is 3.08. The lowest BCUT2D eigenvalue weighted by atomic mass is 9.85. The summed E-state index contributed by atoms with van der Waals surface area (Å²) in [6, 6.07) is 3.84. The number of halogens is 1. The summed E-state index contributed by atoms with van der Waals surface area (Å²) >= 11 is 3.55. The van der Waals surface area contributed by atoms with Crippen molar-refractivity contribution in [2.45, 2.75) is 39.2 Å². The molecule has 1 amide bonds. The van der Waals surface area contributed by atoms with Gasteiger partial charge in [-0.15, -0.1) is 0 Å². The van der Waals surface area contributed by atoms with Crippen LogP contribution in [0, 0.1) is 13.8 Å². The fourth-order valence-electron chi connectivity index (χ4n) is 4.18. The first-order valence-corrected chi connectivity index (χ1v) is 11.2. The summed E-state index contributed by atoms with van der Waals surface area (Å²) in [6.45, 7) is 6.62. The van der Waals surface area contributed by atoms with Crippen molar-refractivity contribution in [3.63, 3.8) is 0 Å². The molecule has 9 nitrogen and oxygen atoms in total. The molecule has 2 aliphatic rings. The second-order valence-electron chi connectivity index (χ2n) is 7.68. The van der Waals surface area contributed by atoms with Crippen molar-refractivity contribution in [2.24, 2.45) is 0 Å². The topological polar surface area (TPSA) is 86.8 Å². The lowest BCUT2D eigenvalue weighted by Crippen LogP contribution is -2.55. The van der Waals surface area contributed by atoms with Gasteiger partial charge in [0.25, 0.3) is 5.91 Å². The zero-order valence-corrected chi connectivity index (χ0v) is 20.6. The number of hydroxylamine groups is 4. The molecule has 1 aromatic carbocycles. The number of rotatable bonds is 7. The van der Waals surface area contributed by atoms with Crippen molar-refractivity contribution < 1.29 is 33.5 Å². The van der Waals surface area contributed by atoms with E-state index in [0.29, 0.717) is 31.5 Å². The zero-order valence-electron chi connectivity index (χ0n) is 19.0. The molecule has 0 N–H and O–H groups in total. The van der Waals surface area contributed by atoms with Crippen LogP contribution < -0.4 is 0 Å². The van der Waals surface area contributed by atoms with E-state index in [9.17, 15) is 9.59 Å². The van der Waals surface area contributed by atoms with Gasteiger partial charge in [-0.05, 0) is 56.4 Å². The third-order valence-corrected chi connectivity index (χ3v) is 6.62. The number of methoxy groups -OCH3 is 1. The van der Waals surface area contributed by atoms with Crippen molar-refractivity contribution in [2.75, 3.05) is 40.7 Å². The van der Waals surface area contributed by atoms with Gasteiger partial charge in [0.05, 0.1) is 19.3 Å². The minimum Gasteiger partial charge on any atom is -0.434 e. The highest BCUT2D eigenvalue weighted by Gasteiger charge is 2.57. The first-order chi connectivity index (χ1) is 15.3. The molecule has 0 unspecified atom stereocenters. The van der Waals surface area contributed by atoms with Crippen LogP contribution in [0.15, 0.2) is 22.4 Å². The largest absolute Gasteiger partial charge is 0.513 e. The van der Waals surface area contributed by atoms with Crippen molar-refractivity contribution in [3.05, 3.63) is 39.1 Å². The maximum Gasteiger partial charge on any atom is 0.513 e. The van der Waals surface area contributed by atoms with Gasteiger partial charge in [-0.2, -0.15) is 5.06 Å². The Morgan fingerprint density at radius 2 is 1.84 bits per heavy atom. The normalized spacial score (nSPS) is 18.6. The highest BCUT2D eigenvalue weighted by molar-refractivity contribution is 9.10. The number of hydrogen-bond acceptors (Lipinski definition) is 8. The van der Waals surface area contributed by atoms with Gasteiger partial charge >= 0.3 is 6.16 Å².